The Balaban J connectivity index is 2.19. The van der Waals surface area contributed by atoms with Gasteiger partial charge in [0.05, 0.1) is 5.69 Å². The molecule has 3 rings (SSSR count). The summed E-state index contributed by atoms with van der Waals surface area (Å²) in [6, 6.07) is 8.07. The molecule has 5 heteroatoms. The van der Waals surface area contributed by atoms with E-state index in [9.17, 15) is 9.90 Å². The minimum atomic E-state index is -1.38. The maximum absolute atomic E-state index is 12.6. The molecule has 0 saturated carbocycles. The van der Waals surface area contributed by atoms with E-state index in [1.807, 2.05) is 67.5 Å². The third kappa shape index (κ3) is 3.88. The summed E-state index contributed by atoms with van der Waals surface area (Å²) < 4.78 is 11.9. The molecule has 0 bridgehead atoms. The van der Waals surface area contributed by atoms with Gasteiger partial charge in [-0.25, -0.2) is 4.79 Å². The molecule has 0 aromatic heterocycles. The molecule has 0 fully saturated rings. The number of anilines is 1. The number of nitrogens with one attached hydrogen (secondary N) is 1. The minimum absolute atomic E-state index is 0.398. The average Bonchev–Trinajstić information content (AvgIpc) is 2.89. The van der Waals surface area contributed by atoms with Crippen LogP contribution in [-0.2, 0) is 10.3 Å². The van der Waals surface area contributed by atoms with E-state index in [0.717, 1.165) is 22.3 Å². The van der Waals surface area contributed by atoms with Gasteiger partial charge in [-0.3, -0.25) is 5.32 Å². The fourth-order valence-electron chi connectivity index (χ4n) is 4.51. The predicted molar refractivity (Wildman–Crippen MR) is 129 cm³/mol. The fraction of sp³-hybridized carbons (Fsp3) is 0.519. The Bertz CT molecular complexity index is 1050. The van der Waals surface area contributed by atoms with Crippen LogP contribution >= 0.6 is 0 Å². The number of hydrogen-bond donors (Lipinski definition) is 2. The summed E-state index contributed by atoms with van der Waals surface area (Å²) in [4.78, 5) is 12.6. The summed E-state index contributed by atoms with van der Waals surface area (Å²) in [5.74, 6) is 1.07. The van der Waals surface area contributed by atoms with Gasteiger partial charge in [0, 0.05) is 5.56 Å². The van der Waals surface area contributed by atoms with E-state index in [1.54, 1.807) is 0 Å². The van der Waals surface area contributed by atoms with Crippen molar-refractivity contribution in [1.29, 1.82) is 0 Å². The monoisotopic (exact) mass is 439 g/mol. The van der Waals surface area contributed by atoms with Crippen molar-refractivity contribution < 1.29 is 19.4 Å². The second-order valence-corrected chi connectivity index (χ2v) is 10.7. The Morgan fingerprint density at radius 3 is 2.09 bits per heavy atom. The second-order valence-electron chi connectivity index (χ2n) is 10.7. The number of fused-ring (bicyclic) bond motifs is 1. The van der Waals surface area contributed by atoms with Crippen LogP contribution in [0, 0.1) is 20.8 Å². The van der Waals surface area contributed by atoms with Gasteiger partial charge in [-0.05, 0) is 89.1 Å². The van der Waals surface area contributed by atoms with Gasteiger partial charge in [0.15, 0.2) is 5.60 Å². The lowest BCUT2D eigenvalue weighted by atomic mass is 9.74. The number of rotatable bonds is 3. The molecule has 174 valence electrons. The molecule has 1 atom stereocenters. The molecule has 2 aromatic rings. The Morgan fingerprint density at radius 2 is 1.59 bits per heavy atom. The molecule has 2 aromatic carbocycles. The van der Waals surface area contributed by atoms with Crippen LogP contribution in [-0.4, -0.2) is 22.4 Å². The lowest BCUT2D eigenvalue weighted by molar-refractivity contribution is -0.0645. The lowest BCUT2D eigenvalue weighted by Gasteiger charge is -2.36. The number of carbonyl (C=O) groups excluding carboxylic acids is 1. The molecule has 32 heavy (non-hydrogen) atoms. The normalized spacial score (nSPS) is 19.5. The van der Waals surface area contributed by atoms with Crippen molar-refractivity contribution in [2.24, 2.45) is 0 Å². The van der Waals surface area contributed by atoms with Crippen molar-refractivity contribution in [3.8, 4) is 5.75 Å². The zero-order valence-corrected chi connectivity index (χ0v) is 21.1. The van der Waals surface area contributed by atoms with Crippen LogP contribution in [0.15, 0.2) is 24.3 Å². The molecule has 0 spiro atoms. The number of benzene rings is 2. The number of hydrogen-bond acceptors (Lipinski definition) is 4. The smallest absolute Gasteiger partial charge is 0.412 e. The SMILES string of the molecule is Cc1c(C)c2c(c(C)c1NC(=O)OC(C)(C)C)C(O)(c1ccc(C(C)C)cc1)C(C)(C)O2. The maximum atomic E-state index is 12.6. The largest absolute Gasteiger partial charge is 0.483 e. The second kappa shape index (κ2) is 7.80. The standard InChI is InChI=1S/C27H37NO4/c1-15(2)19-11-13-20(14-12-19)27(30)21-18(5)22(28-24(29)32-25(6,7)8)16(3)17(4)23(21)31-26(27,9)10/h11-15,30H,1-10H3,(H,28,29). The average molecular weight is 440 g/mol. The van der Waals surface area contributed by atoms with Crippen molar-refractivity contribution in [3.63, 3.8) is 0 Å². The molecule has 5 nitrogen and oxygen atoms in total. The van der Waals surface area contributed by atoms with Gasteiger partial charge in [0.25, 0.3) is 0 Å². The summed E-state index contributed by atoms with van der Waals surface area (Å²) >= 11 is 0. The highest BCUT2D eigenvalue weighted by Crippen LogP contribution is 2.56. The molecular formula is C27H37NO4. The van der Waals surface area contributed by atoms with Crippen LogP contribution in [0.4, 0.5) is 10.5 Å². The molecule has 1 aliphatic heterocycles. The van der Waals surface area contributed by atoms with Gasteiger partial charge in [0.1, 0.15) is 17.0 Å². The number of aliphatic hydroxyl groups is 1. The van der Waals surface area contributed by atoms with Crippen LogP contribution in [0.3, 0.4) is 0 Å². The summed E-state index contributed by atoms with van der Waals surface area (Å²) in [6.45, 7) is 19.4. The van der Waals surface area contributed by atoms with E-state index < -0.39 is 22.9 Å². The maximum Gasteiger partial charge on any atom is 0.412 e. The van der Waals surface area contributed by atoms with Gasteiger partial charge >= 0.3 is 6.09 Å². The first-order valence-corrected chi connectivity index (χ1v) is 11.3. The first kappa shape index (κ1) is 24.1. The van der Waals surface area contributed by atoms with Crippen LogP contribution in [0.1, 0.15) is 87.8 Å². The predicted octanol–water partition coefficient (Wildman–Crippen LogP) is 6.49. The highest BCUT2D eigenvalue weighted by molar-refractivity contribution is 5.89. The highest BCUT2D eigenvalue weighted by atomic mass is 16.6. The Kier molecular flexibility index (Phi) is 5.88. The third-order valence-electron chi connectivity index (χ3n) is 6.47. The number of ether oxygens (including phenoxy) is 2. The topological polar surface area (TPSA) is 67.8 Å². The number of amides is 1. The van der Waals surface area contributed by atoms with Crippen molar-refractivity contribution in [2.45, 2.75) is 92.0 Å². The lowest BCUT2D eigenvalue weighted by Crippen LogP contribution is -2.47. The van der Waals surface area contributed by atoms with E-state index in [1.165, 1.54) is 5.56 Å². The van der Waals surface area contributed by atoms with Crippen molar-refractivity contribution in [1.82, 2.24) is 0 Å². The van der Waals surface area contributed by atoms with E-state index in [4.69, 9.17) is 9.47 Å². The molecule has 1 unspecified atom stereocenters. The van der Waals surface area contributed by atoms with Crippen LogP contribution in [0.25, 0.3) is 0 Å². The molecular weight excluding hydrogens is 402 g/mol. The van der Waals surface area contributed by atoms with Gasteiger partial charge < -0.3 is 14.6 Å². The third-order valence-corrected chi connectivity index (χ3v) is 6.47. The Hall–Kier alpha value is -2.53. The zero-order valence-electron chi connectivity index (χ0n) is 21.1. The van der Waals surface area contributed by atoms with Crippen molar-refractivity contribution in [2.75, 3.05) is 5.32 Å². The molecule has 0 aliphatic carbocycles. The zero-order chi connectivity index (χ0) is 24.2. The van der Waals surface area contributed by atoms with E-state index >= 15 is 0 Å². The highest BCUT2D eigenvalue weighted by Gasteiger charge is 2.57. The molecule has 1 heterocycles. The van der Waals surface area contributed by atoms with E-state index in [0.29, 0.717) is 22.9 Å². The van der Waals surface area contributed by atoms with Crippen LogP contribution < -0.4 is 10.1 Å². The molecule has 1 aliphatic rings. The van der Waals surface area contributed by atoms with Crippen LogP contribution in [0.2, 0.25) is 0 Å². The molecule has 1 amide bonds. The quantitative estimate of drug-likeness (QED) is 0.574. The van der Waals surface area contributed by atoms with Gasteiger partial charge in [0.2, 0.25) is 0 Å². The minimum Gasteiger partial charge on any atom is -0.483 e. The summed E-state index contributed by atoms with van der Waals surface area (Å²) in [7, 11) is 0. The summed E-state index contributed by atoms with van der Waals surface area (Å²) in [5.41, 5.74) is 2.96. The summed E-state index contributed by atoms with van der Waals surface area (Å²) in [6.07, 6.45) is -0.522. The van der Waals surface area contributed by atoms with E-state index in [-0.39, 0.29) is 0 Å². The molecule has 0 radical (unpaired) electrons. The number of carbonyl (C=O) groups is 1. The Morgan fingerprint density at radius 1 is 1.03 bits per heavy atom. The van der Waals surface area contributed by atoms with Gasteiger partial charge in [-0.15, -0.1) is 0 Å². The first-order valence-electron chi connectivity index (χ1n) is 11.3. The first-order chi connectivity index (χ1) is 14.6. The molecule has 2 N–H and O–H groups in total. The summed E-state index contributed by atoms with van der Waals surface area (Å²) in [5, 5.41) is 15.2. The van der Waals surface area contributed by atoms with Gasteiger partial charge in [-0.2, -0.15) is 0 Å². The van der Waals surface area contributed by atoms with E-state index in [2.05, 4.69) is 31.3 Å². The Labute approximate surface area is 192 Å². The van der Waals surface area contributed by atoms with Crippen molar-refractivity contribution in [3.05, 3.63) is 57.6 Å². The molecule has 0 saturated heterocycles. The fourth-order valence-corrected chi connectivity index (χ4v) is 4.51. The van der Waals surface area contributed by atoms with Gasteiger partial charge in [-0.1, -0.05) is 38.1 Å². The van der Waals surface area contributed by atoms with Crippen molar-refractivity contribution >= 4 is 11.8 Å². The van der Waals surface area contributed by atoms with Crippen LogP contribution in [0.5, 0.6) is 5.75 Å².